The standard InChI is InChI=1S/C14H12BrNOS/c1-10-8-12(15)3-4-13(10)16-14(17)5-2-11-6-7-18-9-11/h2-9H,1H3,(H,16,17)/b5-2+. The van der Waals surface area contributed by atoms with E-state index >= 15 is 0 Å². The molecule has 1 N–H and O–H groups in total. The van der Waals surface area contributed by atoms with E-state index < -0.39 is 0 Å². The number of halogens is 1. The van der Waals surface area contributed by atoms with E-state index in [1.807, 2.05) is 41.9 Å². The summed E-state index contributed by atoms with van der Waals surface area (Å²) in [6.45, 7) is 1.96. The monoisotopic (exact) mass is 321 g/mol. The molecule has 0 fully saturated rings. The molecule has 1 aromatic heterocycles. The molecule has 1 amide bonds. The van der Waals surface area contributed by atoms with Crippen LogP contribution in [0, 0.1) is 6.92 Å². The number of benzene rings is 1. The Morgan fingerprint density at radius 2 is 2.22 bits per heavy atom. The van der Waals surface area contributed by atoms with Crippen LogP contribution >= 0.6 is 27.3 Å². The molecule has 0 saturated heterocycles. The van der Waals surface area contributed by atoms with Gasteiger partial charge in [-0.15, -0.1) is 0 Å². The van der Waals surface area contributed by atoms with Crippen molar-refractivity contribution in [3.05, 3.63) is 56.7 Å². The smallest absolute Gasteiger partial charge is 0.248 e. The summed E-state index contributed by atoms with van der Waals surface area (Å²) in [5.74, 6) is -0.119. The molecule has 0 aliphatic heterocycles. The number of aryl methyl sites for hydroxylation is 1. The first-order valence-electron chi connectivity index (χ1n) is 5.42. The molecular weight excluding hydrogens is 310 g/mol. The van der Waals surface area contributed by atoms with Crippen molar-refractivity contribution in [3.63, 3.8) is 0 Å². The zero-order chi connectivity index (χ0) is 13.0. The summed E-state index contributed by atoms with van der Waals surface area (Å²) in [6.07, 6.45) is 3.35. The van der Waals surface area contributed by atoms with Crippen LogP contribution in [0.3, 0.4) is 0 Å². The van der Waals surface area contributed by atoms with Crippen molar-refractivity contribution in [2.45, 2.75) is 6.92 Å². The molecule has 0 aliphatic rings. The van der Waals surface area contributed by atoms with Crippen LogP contribution in [0.4, 0.5) is 5.69 Å². The molecule has 1 aromatic carbocycles. The molecule has 0 aliphatic carbocycles. The van der Waals surface area contributed by atoms with Gasteiger partial charge >= 0.3 is 0 Å². The van der Waals surface area contributed by atoms with Gasteiger partial charge in [-0.1, -0.05) is 15.9 Å². The van der Waals surface area contributed by atoms with Crippen LogP contribution < -0.4 is 5.32 Å². The lowest BCUT2D eigenvalue weighted by Gasteiger charge is -2.06. The highest BCUT2D eigenvalue weighted by molar-refractivity contribution is 9.10. The van der Waals surface area contributed by atoms with Crippen molar-refractivity contribution >= 4 is 44.9 Å². The lowest BCUT2D eigenvalue weighted by Crippen LogP contribution is -2.08. The number of hydrogen-bond donors (Lipinski definition) is 1. The number of thiophene rings is 1. The fraction of sp³-hybridized carbons (Fsp3) is 0.0714. The molecule has 0 saturated carbocycles. The van der Waals surface area contributed by atoms with E-state index in [1.54, 1.807) is 23.5 Å². The molecule has 2 nitrogen and oxygen atoms in total. The highest BCUT2D eigenvalue weighted by Crippen LogP contribution is 2.20. The molecule has 0 bridgehead atoms. The Kier molecular flexibility index (Phi) is 4.33. The van der Waals surface area contributed by atoms with Gasteiger partial charge in [0.25, 0.3) is 0 Å². The number of nitrogens with one attached hydrogen (secondary N) is 1. The lowest BCUT2D eigenvalue weighted by atomic mass is 10.2. The second-order valence-corrected chi connectivity index (χ2v) is 5.53. The first kappa shape index (κ1) is 13.1. The fourth-order valence-electron chi connectivity index (χ4n) is 1.48. The van der Waals surface area contributed by atoms with Crippen LogP contribution in [0.2, 0.25) is 0 Å². The average Bonchev–Trinajstić information content (AvgIpc) is 2.83. The molecule has 0 atom stereocenters. The number of hydrogen-bond acceptors (Lipinski definition) is 2. The minimum Gasteiger partial charge on any atom is -0.322 e. The first-order chi connectivity index (χ1) is 8.65. The summed E-state index contributed by atoms with van der Waals surface area (Å²) in [7, 11) is 0. The second-order valence-electron chi connectivity index (χ2n) is 3.84. The maximum absolute atomic E-state index is 11.7. The average molecular weight is 322 g/mol. The number of anilines is 1. The predicted molar refractivity (Wildman–Crippen MR) is 80.9 cm³/mol. The van der Waals surface area contributed by atoms with Gasteiger partial charge in [0.15, 0.2) is 0 Å². The number of amides is 1. The minimum atomic E-state index is -0.119. The predicted octanol–water partition coefficient (Wildman–Crippen LogP) is 4.47. The molecule has 4 heteroatoms. The summed E-state index contributed by atoms with van der Waals surface area (Å²) in [5, 5.41) is 6.83. The highest BCUT2D eigenvalue weighted by atomic mass is 79.9. The number of carbonyl (C=O) groups excluding carboxylic acids is 1. The Hall–Kier alpha value is -1.39. The lowest BCUT2D eigenvalue weighted by molar-refractivity contribution is -0.111. The third-order valence-corrected chi connectivity index (χ3v) is 3.61. The van der Waals surface area contributed by atoms with Crippen LogP contribution in [0.1, 0.15) is 11.1 Å². The van der Waals surface area contributed by atoms with E-state index in [4.69, 9.17) is 0 Å². The molecule has 18 heavy (non-hydrogen) atoms. The molecule has 0 radical (unpaired) electrons. The highest BCUT2D eigenvalue weighted by Gasteiger charge is 2.01. The third kappa shape index (κ3) is 3.55. The van der Waals surface area contributed by atoms with Gasteiger partial charge in [-0.3, -0.25) is 4.79 Å². The first-order valence-corrected chi connectivity index (χ1v) is 7.16. The van der Waals surface area contributed by atoms with Gasteiger partial charge in [-0.2, -0.15) is 11.3 Å². The van der Waals surface area contributed by atoms with E-state index in [0.29, 0.717) is 0 Å². The summed E-state index contributed by atoms with van der Waals surface area (Å²) >= 11 is 5.00. The van der Waals surface area contributed by atoms with Gasteiger partial charge < -0.3 is 5.32 Å². The normalized spacial score (nSPS) is 10.8. The van der Waals surface area contributed by atoms with Crippen LogP contribution in [0.25, 0.3) is 6.08 Å². The largest absolute Gasteiger partial charge is 0.322 e. The summed E-state index contributed by atoms with van der Waals surface area (Å²) in [5.41, 5.74) is 2.91. The quantitative estimate of drug-likeness (QED) is 0.830. The van der Waals surface area contributed by atoms with Gasteiger partial charge in [0.05, 0.1) is 0 Å². The van der Waals surface area contributed by atoms with Gasteiger partial charge in [-0.25, -0.2) is 0 Å². The summed E-state index contributed by atoms with van der Waals surface area (Å²) in [4.78, 5) is 11.7. The maximum atomic E-state index is 11.7. The van der Waals surface area contributed by atoms with Crippen LogP contribution in [0.5, 0.6) is 0 Å². The maximum Gasteiger partial charge on any atom is 0.248 e. The SMILES string of the molecule is Cc1cc(Br)ccc1NC(=O)/C=C/c1ccsc1. The molecule has 0 spiro atoms. The number of carbonyl (C=O) groups is 1. The minimum absolute atomic E-state index is 0.119. The Balaban J connectivity index is 2.03. The Morgan fingerprint density at radius 1 is 1.39 bits per heavy atom. The van der Waals surface area contributed by atoms with E-state index in [9.17, 15) is 4.79 Å². The fourth-order valence-corrected chi connectivity index (χ4v) is 2.59. The molecule has 0 unspecified atom stereocenters. The summed E-state index contributed by atoms with van der Waals surface area (Å²) < 4.78 is 1.01. The topological polar surface area (TPSA) is 29.1 Å². The zero-order valence-corrected chi connectivity index (χ0v) is 12.2. The molecule has 92 valence electrons. The van der Waals surface area contributed by atoms with Gasteiger partial charge in [0, 0.05) is 16.2 Å². The van der Waals surface area contributed by atoms with E-state index in [0.717, 1.165) is 21.3 Å². The van der Waals surface area contributed by atoms with Gasteiger partial charge in [0.2, 0.25) is 5.91 Å². The second kappa shape index (κ2) is 5.98. The van der Waals surface area contributed by atoms with Crippen molar-refractivity contribution in [1.82, 2.24) is 0 Å². The van der Waals surface area contributed by atoms with Gasteiger partial charge in [-0.05, 0) is 59.2 Å². The van der Waals surface area contributed by atoms with Crippen molar-refractivity contribution < 1.29 is 4.79 Å². The third-order valence-electron chi connectivity index (χ3n) is 2.42. The van der Waals surface area contributed by atoms with Gasteiger partial charge in [0.1, 0.15) is 0 Å². The number of rotatable bonds is 3. The van der Waals surface area contributed by atoms with Crippen molar-refractivity contribution in [2.24, 2.45) is 0 Å². The molecule has 2 aromatic rings. The Labute approximate surface area is 118 Å². The van der Waals surface area contributed by atoms with E-state index in [1.165, 1.54) is 0 Å². The van der Waals surface area contributed by atoms with Crippen molar-refractivity contribution in [2.75, 3.05) is 5.32 Å². The Morgan fingerprint density at radius 3 is 2.89 bits per heavy atom. The Bertz CT molecular complexity index is 575. The summed E-state index contributed by atoms with van der Waals surface area (Å²) in [6, 6.07) is 7.73. The molecular formula is C14H12BrNOS. The van der Waals surface area contributed by atoms with Crippen molar-refractivity contribution in [3.8, 4) is 0 Å². The van der Waals surface area contributed by atoms with Crippen LogP contribution in [0.15, 0.2) is 45.6 Å². The van der Waals surface area contributed by atoms with Crippen LogP contribution in [-0.2, 0) is 4.79 Å². The zero-order valence-electron chi connectivity index (χ0n) is 9.81. The molecule has 1 heterocycles. The van der Waals surface area contributed by atoms with Crippen molar-refractivity contribution in [1.29, 1.82) is 0 Å². The van der Waals surface area contributed by atoms with E-state index in [2.05, 4.69) is 21.2 Å². The van der Waals surface area contributed by atoms with E-state index in [-0.39, 0.29) is 5.91 Å². The molecule has 2 rings (SSSR count). The van der Waals surface area contributed by atoms with Crippen LogP contribution in [-0.4, -0.2) is 5.91 Å².